The molecule has 2 atom stereocenters. The number of hydrogen-bond acceptors (Lipinski definition) is 5. The van der Waals surface area contributed by atoms with Crippen LogP contribution in [0.1, 0.15) is 46.0 Å². The van der Waals surface area contributed by atoms with Crippen molar-refractivity contribution >= 4 is 11.9 Å². The van der Waals surface area contributed by atoms with Crippen LogP contribution in [0.2, 0.25) is 0 Å². The Morgan fingerprint density at radius 1 is 1.52 bits per heavy atom. The van der Waals surface area contributed by atoms with Crippen molar-refractivity contribution in [1.82, 2.24) is 4.90 Å². The fourth-order valence-corrected chi connectivity index (χ4v) is 2.50. The minimum atomic E-state index is -1.12. The van der Waals surface area contributed by atoms with Gasteiger partial charge in [0.05, 0.1) is 12.6 Å². The van der Waals surface area contributed by atoms with Gasteiger partial charge in [0.2, 0.25) is 0 Å². The van der Waals surface area contributed by atoms with E-state index in [1.54, 1.807) is 0 Å². The van der Waals surface area contributed by atoms with E-state index >= 15 is 0 Å². The SMILES string of the molecule is CN(C(=O)O)C(CCC(C)(C)COC1CCCCO1)C(N)=NO. The molecule has 0 saturated carbocycles. The molecule has 134 valence electrons. The van der Waals surface area contributed by atoms with E-state index in [9.17, 15) is 4.79 Å². The maximum atomic E-state index is 11.1. The number of ether oxygens (including phenoxy) is 2. The summed E-state index contributed by atoms with van der Waals surface area (Å²) >= 11 is 0. The highest BCUT2D eigenvalue weighted by molar-refractivity contribution is 5.88. The van der Waals surface area contributed by atoms with Crippen LogP contribution < -0.4 is 5.73 Å². The van der Waals surface area contributed by atoms with Crippen molar-refractivity contribution in [2.24, 2.45) is 16.3 Å². The molecule has 4 N–H and O–H groups in total. The van der Waals surface area contributed by atoms with E-state index in [1.807, 2.05) is 13.8 Å². The van der Waals surface area contributed by atoms with Gasteiger partial charge in [0.1, 0.15) is 0 Å². The van der Waals surface area contributed by atoms with E-state index in [2.05, 4.69) is 5.16 Å². The molecule has 1 aliphatic rings. The van der Waals surface area contributed by atoms with Crippen molar-refractivity contribution in [2.75, 3.05) is 20.3 Å². The van der Waals surface area contributed by atoms with Crippen molar-refractivity contribution in [3.63, 3.8) is 0 Å². The molecule has 0 spiro atoms. The summed E-state index contributed by atoms with van der Waals surface area (Å²) in [6.45, 7) is 5.33. The van der Waals surface area contributed by atoms with E-state index in [-0.39, 0.29) is 17.5 Å². The highest BCUT2D eigenvalue weighted by atomic mass is 16.7. The Balaban J connectivity index is 2.51. The van der Waals surface area contributed by atoms with Crippen LogP contribution in [0.5, 0.6) is 0 Å². The van der Waals surface area contributed by atoms with Gasteiger partial charge in [-0.2, -0.15) is 0 Å². The van der Waals surface area contributed by atoms with Crippen molar-refractivity contribution in [2.45, 2.75) is 58.3 Å². The Morgan fingerprint density at radius 2 is 2.22 bits per heavy atom. The van der Waals surface area contributed by atoms with Gasteiger partial charge in [-0.05, 0) is 37.5 Å². The lowest BCUT2D eigenvalue weighted by molar-refractivity contribution is -0.176. The van der Waals surface area contributed by atoms with E-state index in [0.29, 0.717) is 19.4 Å². The second-order valence-corrected chi connectivity index (χ2v) is 6.74. The highest BCUT2D eigenvalue weighted by Crippen LogP contribution is 2.26. The van der Waals surface area contributed by atoms with Gasteiger partial charge in [0.15, 0.2) is 12.1 Å². The predicted octanol–water partition coefficient (Wildman–Crippen LogP) is 2.06. The molecule has 1 saturated heterocycles. The third kappa shape index (κ3) is 6.62. The first-order chi connectivity index (χ1) is 10.8. The average molecular weight is 331 g/mol. The molecule has 2 unspecified atom stereocenters. The van der Waals surface area contributed by atoms with E-state index < -0.39 is 12.1 Å². The van der Waals surface area contributed by atoms with Crippen LogP contribution in [-0.2, 0) is 9.47 Å². The van der Waals surface area contributed by atoms with Gasteiger partial charge < -0.3 is 30.4 Å². The number of oxime groups is 1. The van der Waals surface area contributed by atoms with Crippen LogP contribution in [-0.4, -0.2) is 59.7 Å². The van der Waals surface area contributed by atoms with E-state index in [0.717, 1.165) is 30.8 Å². The number of rotatable bonds is 8. The van der Waals surface area contributed by atoms with Crippen LogP contribution in [0.3, 0.4) is 0 Å². The molecule has 0 aromatic heterocycles. The van der Waals surface area contributed by atoms with Crippen molar-refractivity contribution in [3.8, 4) is 0 Å². The Kier molecular flexibility index (Phi) is 7.57. The number of likely N-dealkylation sites (N-methyl/N-ethyl adjacent to an activating group) is 1. The number of carbonyl (C=O) groups is 1. The van der Waals surface area contributed by atoms with Crippen LogP contribution in [0.15, 0.2) is 5.16 Å². The summed E-state index contributed by atoms with van der Waals surface area (Å²) in [5, 5.41) is 20.9. The Labute approximate surface area is 137 Å². The topological polar surface area (TPSA) is 118 Å². The summed E-state index contributed by atoms with van der Waals surface area (Å²) in [5.74, 6) is -0.109. The molecule has 8 nitrogen and oxygen atoms in total. The number of amidine groups is 1. The van der Waals surface area contributed by atoms with Gasteiger partial charge in [-0.1, -0.05) is 19.0 Å². The summed E-state index contributed by atoms with van der Waals surface area (Å²) in [7, 11) is 1.41. The molecule has 1 fully saturated rings. The quantitative estimate of drug-likeness (QED) is 0.271. The lowest BCUT2D eigenvalue weighted by Crippen LogP contribution is -2.46. The van der Waals surface area contributed by atoms with Gasteiger partial charge >= 0.3 is 6.09 Å². The van der Waals surface area contributed by atoms with Crippen molar-refractivity contribution in [1.29, 1.82) is 0 Å². The predicted molar refractivity (Wildman–Crippen MR) is 85.5 cm³/mol. The Morgan fingerprint density at radius 3 is 2.74 bits per heavy atom. The number of carboxylic acid groups (broad SMARTS) is 1. The number of nitrogens with zero attached hydrogens (tertiary/aromatic N) is 2. The van der Waals surface area contributed by atoms with Crippen LogP contribution >= 0.6 is 0 Å². The summed E-state index contributed by atoms with van der Waals surface area (Å²) in [6.07, 6.45) is 2.94. The van der Waals surface area contributed by atoms with E-state index in [1.165, 1.54) is 7.05 Å². The summed E-state index contributed by atoms with van der Waals surface area (Å²) in [6, 6.07) is -0.664. The molecule has 0 aliphatic carbocycles. The minimum absolute atomic E-state index is 0.109. The first kappa shape index (κ1) is 19.5. The molecule has 1 aliphatic heterocycles. The van der Waals surface area contributed by atoms with Gasteiger partial charge in [-0.25, -0.2) is 4.79 Å². The molecule has 0 radical (unpaired) electrons. The monoisotopic (exact) mass is 331 g/mol. The molecular formula is C15H29N3O5. The van der Waals surface area contributed by atoms with E-state index in [4.69, 9.17) is 25.5 Å². The molecule has 8 heteroatoms. The van der Waals surface area contributed by atoms with Crippen LogP contribution in [0, 0.1) is 5.41 Å². The lowest BCUT2D eigenvalue weighted by atomic mass is 9.86. The zero-order valence-corrected chi connectivity index (χ0v) is 14.2. The minimum Gasteiger partial charge on any atom is -0.465 e. The normalized spacial score (nSPS) is 21.0. The summed E-state index contributed by atoms with van der Waals surface area (Å²) in [4.78, 5) is 12.2. The van der Waals surface area contributed by atoms with Gasteiger partial charge in [0, 0.05) is 13.7 Å². The van der Waals surface area contributed by atoms with Gasteiger partial charge in [-0.15, -0.1) is 0 Å². The molecule has 0 bridgehead atoms. The van der Waals surface area contributed by atoms with Crippen molar-refractivity contribution in [3.05, 3.63) is 0 Å². The largest absolute Gasteiger partial charge is 0.465 e. The average Bonchev–Trinajstić information content (AvgIpc) is 2.53. The molecule has 0 aromatic rings. The second kappa shape index (κ2) is 8.93. The standard InChI is InChI=1S/C15H29N3O5/c1-15(2,10-23-12-6-4-5-9-22-12)8-7-11(13(16)17-21)18(3)14(19)20/h11-12,21H,4-10H2,1-3H3,(H2,16,17)(H,19,20). The number of amides is 1. The van der Waals surface area contributed by atoms with Gasteiger partial charge in [0.25, 0.3) is 0 Å². The van der Waals surface area contributed by atoms with Gasteiger partial charge in [-0.3, -0.25) is 0 Å². The third-order valence-corrected chi connectivity index (χ3v) is 4.12. The molecule has 1 amide bonds. The molecule has 0 aromatic carbocycles. The zero-order valence-electron chi connectivity index (χ0n) is 14.2. The zero-order chi connectivity index (χ0) is 17.5. The number of hydrogen-bond donors (Lipinski definition) is 3. The van der Waals surface area contributed by atoms with Crippen LogP contribution in [0.25, 0.3) is 0 Å². The highest BCUT2D eigenvalue weighted by Gasteiger charge is 2.28. The fraction of sp³-hybridized carbons (Fsp3) is 0.867. The Hall–Kier alpha value is -1.54. The molecular weight excluding hydrogens is 302 g/mol. The van der Waals surface area contributed by atoms with Crippen molar-refractivity contribution < 1.29 is 24.6 Å². The summed E-state index contributed by atoms with van der Waals surface area (Å²) < 4.78 is 11.4. The lowest BCUT2D eigenvalue weighted by Gasteiger charge is -2.32. The smallest absolute Gasteiger partial charge is 0.407 e. The fourth-order valence-electron chi connectivity index (χ4n) is 2.50. The molecule has 1 rings (SSSR count). The first-order valence-corrected chi connectivity index (χ1v) is 7.93. The molecule has 23 heavy (non-hydrogen) atoms. The first-order valence-electron chi connectivity index (χ1n) is 7.93. The Bertz CT molecular complexity index is 408. The number of nitrogens with two attached hydrogens (primary N) is 1. The third-order valence-electron chi connectivity index (χ3n) is 4.12. The molecule has 1 heterocycles. The maximum absolute atomic E-state index is 11.1. The second-order valence-electron chi connectivity index (χ2n) is 6.74. The van der Waals surface area contributed by atoms with Crippen LogP contribution in [0.4, 0.5) is 4.79 Å². The summed E-state index contributed by atoms with van der Waals surface area (Å²) in [5.41, 5.74) is 5.45. The maximum Gasteiger partial charge on any atom is 0.407 e.